The Bertz CT molecular complexity index is 1100. The lowest BCUT2D eigenvalue weighted by Crippen LogP contribution is -2.25. The molecular weight excluding hydrogens is 428 g/mol. The number of halogens is 1. The number of nitrogens with zero attached hydrogens (tertiary/aromatic N) is 2. The first-order valence-corrected chi connectivity index (χ1v) is 10.8. The van der Waals surface area contributed by atoms with Gasteiger partial charge in [-0.2, -0.15) is 0 Å². The molecular formula is C25H27ClN2O4. The van der Waals surface area contributed by atoms with Crippen molar-refractivity contribution in [3.63, 3.8) is 0 Å². The van der Waals surface area contributed by atoms with Crippen LogP contribution in [-0.4, -0.2) is 44.4 Å². The summed E-state index contributed by atoms with van der Waals surface area (Å²) in [6.07, 6.45) is 1.65. The van der Waals surface area contributed by atoms with E-state index >= 15 is 0 Å². The Balaban J connectivity index is 1.66. The molecule has 1 aliphatic heterocycles. The molecule has 0 fully saturated rings. The van der Waals surface area contributed by atoms with Crippen LogP contribution in [0.4, 0.5) is 0 Å². The number of rotatable bonds is 6. The van der Waals surface area contributed by atoms with Gasteiger partial charge in [-0.25, -0.2) is 0 Å². The van der Waals surface area contributed by atoms with Crippen LogP contribution in [0.15, 0.2) is 42.6 Å². The molecule has 0 aliphatic carbocycles. The van der Waals surface area contributed by atoms with Gasteiger partial charge in [0.05, 0.1) is 32.0 Å². The fraction of sp³-hybridized carbons (Fsp3) is 0.320. The summed E-state index contributed by atoms with van der Waals surface area (Å²) in [5.74, 6) is 3.16. The monoisotopic (exact) mass is 454 g/mol. The van der Waals surface area contributed by atoms with Crippen LogP contribution in [0.3, 0.4) is 0 Å². The number of methoxy groups -OCH3 is 3. The maximum atomic E-state index is 6.11. The highest BCUT2D eigenvalue weighted by Gasteiger charge is 2.22. The van der Waals surface area contributed by atoms with Gasteiger partial charge in [0.15, 0.2) is 11.5 Å². The largest absolute Gasteiger partial charge is 0.496 e. The number of hydrogen-bond acceptors (Lipinski definition) is 6. The van der Waals surface area contributed by atoms with E-state index in [2.05, 4.69) is 22.0 Å². The summed E-state index contributed by atoms with van der Waals surface area (Å²) in [6.45, 7) is 4.79. The van der Waals surface area contributed by atoms with Crippen LogP contribution in [0.5, 0.6) is 23.0 Å². The van der Waals surface area contributed by atoms with E-state index in [1.165, 1.54) is 0 Å². The quantitative estimate of drug-likeness (QED) is 0.514. The molecule has 2 aromatic carbocycles. The Morgan fingerprint density at radius 1 is 1.03 bits per heavy atom. The van der Waals surface area contributed by atoms with Crippen molar-refractivity contribution < 1.29 is 18.9 Å². The zero-order chi connectivity index (χ0) is 22.7. The third-order valence-electron chi connectivity index (χ3n) is 5.68. The third kappa shape index (κ3) is 4.47. The lowest BCUT2D eigenvalue weighted by atomic mass is 10.0. The second-order valence-electron chi connectivity index (χ2n) is 7.67. The first-order valence-electron chi connectivity index (χ1n) is 10.4. The van der Waals surface area contributed by atoms with E-state index in [0.717, 1.165) is 58.3 Å². The normalized spacial score (nSPS) is 13.7. The van der Waals surface area contributed by atoms with Crippen molar-refractivity contribution >= 4 is 11.6 Å². The predicted octanol–water partition coefficient (Wildman–Crippen LogP) is 5.13. The molecule has 1 aromatic heterocycles. The zero-order valence-electron chi connectivity index (χ0n) is 18.8. The minimum Gasteiger partial charge on any atom is -0.496 e. The molecule has 168 valence electrons. The number of hydrogen-bond donors (Lipinski definition) is 0. The first kappa shape index (κ1) is 22.2. The number of aromatic nitrogens is 1. The lowest BCUT2D eigenvalue weighted by Gasteiger charge is -2.22. The molecule has 32 heavy (non-hydrogen) atoms. The first-order chi connectivity index (χ1) is 15.5. The second-order valence-corrected chi connectivity index (χ2v) is 8.11. The van der Waals surface area contributed by atoms with Gasteiger partial charge in [-0.3, -0.25) is 9.88 Å². The average Bonchev–Trinajstić information content (AvgIpc) is 3.01. The van der Waals surface area contributed by atoms with E-state index in [4.69, 9.17) is 30.5 Å². The molecule has 0 bridgehead atoms. The highest BCUT2D eigenvalue weighted by Crippen LogP contribution is 2.39. The van der Waals surface area contributed by atoms with Crippen molar-refractivity contribution in [3.05, 3.63) is 64.3 Å². The summed E-state index contributed by atoms with van der Waals surface area (Å²) in [6, 6.07) is 11.9. The van der Waals surface area contributed by atoms with Gasteiger partial charge in [0.1, 0.15) is 18.1 Å². The van der Waals surface area contributed by atoms with E-state index in [9.17, 15) is 0 Å². The minimum absolute atomic E-state index is 0.569. The molecule has 7 heteroatoms. The fourth-order valence-corrected chi connectivity index (χ4v) is 4.23. The SMILES string of the molecule is COc1ccc(CN2CCOc3c(cc(-c4ccc(Cl)cn4)cc3OC)C2)c(OC)c1C. The molecule has 3 aromatic rings. The zero-order valence-corrected chi connectivity index (χ0v) is 19.5. The average molecular weight is 455 g/mol. The summed E-state index contributed by atoms with van der Waals surface area (Å²) in [5.41, 5.74) is 4.95. The molecule has 0 amide bonds. The van der Waals surface area contributed by atoms with Crippen LogP contribution in [0.1, 0.15) is 16.7 Å². The standard InChI is InChI=1S/C25H27ClN2O4/c1-16-22(29-2)8-5-17(24(16)31-4)14-28-9-10-32-25-19(15-28)11-18(12-23(25)30-3)21-7-6-20(26)13-27-21/h5-8,11-13H,9-10,14-15H2,1-4H3. The van der Waals surface area contributed by atoms with Crippen LogP contribution in [0, 0.1) is 6.92 Å². The number of pyridine rings is 1. The van der Waals surface area contributed by atoms with Gasteiger partial charge in [-0.05, 0) is 37.3 Å². The van der Waals surface area contributed by atoms with Crippen LogP contribution >= 0.6 is 11.6 Å². The Morgan fingerprint density at radius 3 is 2.53 bits per heavy atom. The lowest BCUT2D eigenvalue weighted by molar-refractivity contribution is 0.214. The highest BCUT2D eigenvalue weighted by molar-refractivity contribution is 6.30. The highest BCUT2D eigenvalue weighted by atomic mass is 35.5. The van der Waals surface area contributed by atoms with Gasteiger partial charge in [0.2, 0.25) is 0 Å². The van der Waals surface area contributed by atoms with E-state index in [1.54, 1.807) is 27.5 Å². The molecule has 0 saturated carbocycles. The molecule has 2 heterocycles. The maximum Gasteiger partial charge on any atom is 0.165 e. The summed E-state index contributed by atoms with van der Waals surface area (Å²) < 4.78 is 22.9. The van der Waals surface area contributed by atoms with Crippen molar-refractivity contribution in [2.24, 2.45) is 0 Å². The van der Waals surface area contributed by atoms with Crippen LogP contribution in [-0.2, 0) is 13.1 Å². The summed E-state index contributed by atoms with van der Waals surface area (Å²) in [4.78, 5) is 6.80. The molecule has 0 saturated heterocycles. The van der Waals surface area contributed by atoms with Gasteiger partial charge in [0.25, 0.3) is 0 Å². The van der Waals surface area contributed by atoms with Crippen molar-refractivity contribution in [3.8, 4) is 34.3 Å². The number of ether oxygens (including phenoxy) is 4. The third-order valence-corrected chi connectivity index (χ3v) is 5.90. The van der Waals surface area contributed by atoms with E-state index in [1.807, 2.05) is 31.2 Å². The molecule has 0 N–H and O–H groups in total. The van der Waals surface area contributed by atoms with Crippen molar-refractivity contribution in [1.82, 2.24) is 9.88 Å². The fourth-order valence-electron chi connectivity index (χ4n) is 4.12. The Labute approximate surface area is 193 Å². The van der Waals surface area contributed by atoms with E-state index < -0.39 is 0 Å². The van der Waals surface area contributed by atoms with Crippen molar-refractivity contribution in [2.45, 2.75) is 20.0 Å². The molecule has 0 radical (unpaired) electrons. The van der Waals surface area contributed by atoms with Gasteiger partial charge in [0, 0.05) is 48.1 Å². The van der Waals surface area contributed by atoms with Gasteiger partial charge < -0.3 is 18.9 Å². The van der Waals surface area contributed by atoms with Crippen molar-refractivity contribution in [1.29, 1.82) is 0 Å². The number of fused-ring (bicyclic) bond motifs is 1. The molecule has 0 unspecified atom stereocenters. The molecule has 1 aliphatic rings. The molecule has 6 nitrogen and oxygen atoms in total. The van der Waals surface area contributed by atoms with Crippen LogP contribution in [0.25, 0.3) is 11.3 Å². The van der Waals surface area contributed by atoms with Gasteiger partial charge in [-0.15, -0.1) is 0 Å². The molecule has 0 atom stereocenters. The number of benzene rings is 2. The van der Waals surface area contributed by atoms with Gasteiger partial charge >= 0.3 is 0 Å². The summed E-state index contributed by atoms with van der Waals surface area (Å²) in [7, 11) is 5.03. The van der Waals surface area contributed by atoms with Crippen LogP contribution in [0.2, 0.25) is 5.02 Å². The Kier molecular flexibility index (Phi) is 6.72. The van der Waals surface area contributed by atoms with E-state index in [-0.39, 0.29) is 0 Å². The summed E-state index contributed by atoms with van der Waals surface area (Å²) in [5, 5.41) is 0.605. The summed E-state index contributed by atoms with van der Waals surface area (Å²) >= 11 is 6.01. The Hall–Kier alpha value is -2.96. The topological polar surface area (TPSA) is 53.1 Å². The Morgan fingerprint density at radius 2 is 1.84 bits per heavy atom. The molecule has 4 rings (SSSR count). The molecule has 0 spiro atoms. The van der Waals surface area contributed by atoms with E-state index in [0.29, 0.717) is 23.9 Å². The maximum absolute atomic E-state index is 6.11. The minimum atomic E-state index is 0.569. The predicted molar refractivity (Wildman–Crippen MR) is 125 cm³/mol. The van der Waals surface area contributed by atoms with Gasteiger partial charge in [-0.1, -0.05) is 17.7 Å². The van der Waals surface area contributed by atoms with Crippen molar-refractivity contribution in [2.75, 3.05) is 34.5 Å². The second kappa shape index (κ2) is 9.67. The smallest absolute Gasteiger partial charge is 0.165 e. The van der Waals surface area contributed by atoms with Crippen LogP contribution < -0.4 is 18.9 Å².